The number of epoxide rings is 1. The Bertz CT molecular complexity index is 922. The number of hydrogen-bond acceptors (Lipinski definition) is 10. The maximum absolute atomic E-state index is 10.5. The van der Waals surface area contributed by atoms with Crippen molar-refractivity contribution in [2.45, 2.75) is 12.2 Å². The molecule has 31 heavy (non-hydrogen) atoms. The van der Waals surface area contributed by atoms with Gasteiger partial charge in [-0.25, -0.2) is 0 Å². The van der Waals surface area contributed by atoms with Gasteiger partial charge in [-0.3, -0.25) is 20.2 Å². The van der Waals surface area contributed by atoms with Crippen LogP contribution in [0.15, 0.2) is 36.4 Å². The van der Waals surface area contributed by atoms with Gasteiger partial charge in [0.25, 0.3) is 11.4 Å². The Labute approximate surface area is 180 Å². The number of rotatable bonds is 4. The van der Waals surface area contributed by atoms with Gasteiger partial charge in [-0.2, -0.15) is 0 Å². The van der Waals surface area contributed by atoms with E-state index in [9.17, 15) is 20.2 Å². The van der Waals surface area contributed by atoms with Gasteiger partial charge in [-0.15, -0.1) is 11.6 Å². The second kappa shape index (κ2) is 11.2. The Balaban J connectivity index is 0.000000186. The van der Waals surface area contributed by atoms with Crippen LogP contribution in [0, 0.1) is 20.2 Å². The van der Waals surface area contributed by atoms with E-state index in [1.54, 1.807) is 0 Å². The molecule has 0 saturated carbocycles. The largest absolute Gasteiger partial charge is 0.504 e. The van der Waals surface area contributed by atoms with Crippen molar-refractivity contribution in [2.24, 2.45) is 0 Å². The van der Waals surface area contributed by atoms with E-state index in [4.69, 9.17) is 41.1 Å². The van der Waals surface area contributed by atoms with Gasteiger partial charge < -0.3 is 29.5 Å². The molecule has 0 aliphatic carbocycles. The summed E-state index contributed by atoms with van der Waals surface area (Å²) in [7, 11) is 0. The molecule has 3 N–H and O–H groups in total. The van der Waals surface area contributed by atoms with Gasteiger partial charge in [0.1, 0.15) is 6.61 Å². The minimum atomic E-state index is -0.654. The van der Waals surface area contributed by atoms with E-state index in [1.165, 1.54) is 18.2 Å². The Morgan fingerprint density at radius 1 is 0.935 bits per heavy atom. The molecule has 0 amide bonds. The lowest BCUT2D eigenvalue weighted by molar-refractivity contribution is -0.385. The zero-order chi connectivity index (χ0) is 23.0. The average Bonchev–Trinajstić information content (AvgIpc) is 3.60. The third-order valence-electron chi connectivity index (χ3n) is 3.80. The summed E-state index contributed by atoms with van der Waals surface area (Å²) >= 11 is 5.27. The molecule has 4 rings (SSSR count). The van der Waals surface area contributed by atoms with Gasteiger partial charge in [0.05, 0.1) is 47.2 Å². The number of ether oxygens (including phenoxy) is 3. The number of aliphatic hydroxyl groups excluding tert-OH is 1. The van der Waals surface area contributed by atoms with Gasteiger partial charge in [0.2, 0.25) is 0 Å². The molecule has 0 aromatic heterocycles. The summed E-state index contributed by atoms with van der Waals surface area (Å²) in [6.45, 7) is 0.951. The lowest BCUT2D eigenvalue weighted by Crippen LogP contribution is -2.32. The van der Waals surface area contributed by atoms with Crippen LogP contribution in [0.3, 0.4) is 0 Å². The molecular weight excluding hydrogens is 440 g/mol. The molecule has 2 heterocycles. The summed E-state index contributed by atoms with van der Waals surface area (Å²) in [5.74, 6) is 0.578. The van der Waals surface area contributed by atoms with Crippen molar-refractivity contribution in [3.8, 4) is 23.0 Å². The van der Waals surface area contributed by atoms with Crippen LogP contribution in [0.25, 0.3) is 0 Å². The summed E-state index contributed by atoms with van der Waals surface area (Å²) in [4.78, 5) is 19.4. The first-order chi connectivity index (χ1) is 14.7. The van der Waals surface area contributed by atoms with Crippen LogP contribution < -0.4 is 9.47 Å². The number of alkyl halides is 1. The van der Waals surface area contributed by atoms with E-state index in [2.05, 4.69) is 0 Å². The highest BCUT2D eigenvalue weighted by Gasteiger charge is 2.22. The highest BCUT2D eigenvalue weighted by molar-refractivity contribution is 6.18. The van der Waals surface area contributed by atoms with Crippen molar-refractivity contribution in [1.29, 1.82) is 0 Å². The van der Waals surface area contributed by atoms with Gasteiger partial charge in [0, 0.05) is 12.1 Å². The van der Waals surface area contributed by atoms with Crippen molar-refractivity contribution >= 4 is 23.0 Å². The minimum absolute atomic E-state index is 0.0593. The number of benzene rings is 2. The highest BCUT2D eigenvalue weighted by Crippen LogP contribution is 2.34. The Morgan fingerprint density at radius 3 is 2.03 bits per heavy atom. The Hall–Kier alpha value is -3.35. The van der Waals surface area contributed by atoms with E-state index in [0.29, 0.717) is 23.5 Å². The van der Waals surface area contributed by atoms with Gasteiger partial charge in [-0.05, 0) is 12.1 Å². The summed E-state index contributed by atoms with van der Waals surface area (Å²) in [6.07, 6.45) is -0.0591. The molecule has 1 fully saturated rings. The average molecular weight is 459 g/mol. The monoisotopic (exact) mass is 458 g/mol. The first-order valence-electron chi connectivity index (χ1n) is 8.77. The number of fused-ring (bicyclic) bond motifs is 1. The first-order valence-corrected chi connectivity index (χ1v) is 9.31. The molecule has 2 aliphatic heterocycles. The molecule has 2 unspecified atom stereocenters. The summed E-state index contributed by atoms with van der Waals surface area (Å²) in [5, 5.41) is 47.0. The van der Waals surface area contributed by atoms with Crippen LogP contribution in [-0.4, -0.2) is 63.1 Å². The molecule has 12 nitrogen and oxygen atoms in total. The van der Waals surface area contributed by atoms with Crippen molar-refractivity contribution in [3.05, 3.63) is 56.6 Å². The van der Waals surface area contributed by atoms with Crippen molar-refractivity contribution in [2.75, 3.05) is 25.7 Å². The zero-order valence-corrected chi connectivity index (χ0v) is 16.7. The smallest absolute Gasteiger partial charge is 0.273 e. The normalized spacial score (nSPS) is 17.9. The lowest BCUT2D eigenvalue weighted by atomic mass is 10.2. The van der Waals surface area contributed by atoms with Crippen LogP contribution in [0.4, 0.5) is 11.4 Å². The molecule has 2 aromatic rings. The number of nitrogens with zero attached hydrogens (tertiary/aromatic N) is 2. The number of non-ortho nitro benzene ring substituents is 2. The quantitative estimate of drug-likeness (QED) is 0.202. The summed E-state index contributed by atoms with van der Waals surface area (Å²) < 4.78 is 15.3. The number of phenols is 2. The third kappa shape index (κ3) is 7.44. The minimum Gasteiger partial charge on any atom is -0.504 e. The maximum atomic E-state index is 10.5. The van der Waals surface area contributed by atoms with E-state index in [1.807, 2.05) is 0 Å². The van der Waals surface area contributed by atoms with Crippen molar-refractivity contribution < 1.29 is 39.4 Å². The van der Waals surface area contributed by atoms with Crippen LogP contribution in [0.1, 0.15) is 0 Å². The predicted octanol–water partition coefficient (Wildman–Crippen LogP) is 2.36. The third-order valence-corrected chi connectivity index (χ3v) is 4.15. The second-order valence-corrected chi connectivity index (χ2v) is 6.47. The standard InChI is InChI=1S/C9H9NO5.C6H5NO4.C3H5ClO/c11-4-7-5-14-8-2-1-6(10(12)13)3-9(8)15-7;8-5-2-1-4(7(10)11)3-6(5)9;4-1-3-2-5-3/h1-3,7,11H,4-5H2;1-3,8-9H;3H,1-2H2. The number of aromatic hydroxyl groups is 2. The fourth-order valence-corrected chi connectivity index (χ4v) is 2.27. The fourth-order valence-electron chi connectivity index (χ4n) is 2.09. The number of aliphatic hydroxyl groups is 1. The summed E-state index contributed by atoms with van der Waals surface area (Å²) in [5.41, 5.74) is -0.309. The van der Waals surface area contributed by atoms with Crippen LogP contribution in [0.2, 0.25) is 0 Å². The summed E-state index contributed by atoms with van der Waals surface area (Å²) in [6, 6.07) is 7.18. The van der Waals surface area contributed by atoms with Crippen LogP contribution in [-0.2, 0) is 4.74 Å². The fraction of sp³-hybridized carbons (Fsp3) is 0.333. The number of halogens is 1. The van der Waals surface area contributed by atoms with E-state index < -0.39 is 21.7 Å². The van der Waals surface area contributed by atoms with Crippen LogP contribution in [0.5, 0.6) is 23.0 Å². The molecule has 0 bridgehead atoms. The molecule has 1 saturated heterocycles. The predicted molar refractivity (Wildman–Crippen MR) is 107 cm³/mol. The topological polar surface area (TPSA) is 178 Å². The number of hydrogen-bond donors (Lipinski definition) is 3. The van der Waals surface area contributed by atoms with E-state index in [0.717, 1.165) is 24.8 Å². The first kappa shape index (κ1) is 23.9. The SMILES string of the molecule is ClCC1CO1.O=[N+]([O-])c1ccc(O)c(O)c1.O=[N+]([O-])c1ccc2c(c1)OC(CO)CO2. The zero-order valence-electron chi connectivity index (χ0n) is 15.9. The molecule has 0 spiro atoms. The molecule has 2 aliphatic rings. The second-order valence-electron chi connectivity index (χ2n) is 6.16. The number of nitro benzene ring substituents is 2. The molecule has 2 aromatic carbocycles. The highest BCUT2D eigenvalue weighted by atomic mass is 35.5. The van der Waals surface area contributed by atoms with Crippen LogP contribution >= 0.6 is 11.6 Å². The van der Waals surface area contributed by atoms with Crippen molar-refractivity contribution in [3.63, 3.8) is 0 Å². The number of phenolic OH excluding ortho intramolecular Hbond substituents is 2. The Morgan fingerprint density at radius 2 is 1.55 bits per heavy atom. The maximum Gasteiger partial charge on any atom is 0.273 e. The van der Waals surface area contributed by atoms with Gasteiger partial charge >= 0.3 is 0 Å². The van der Waals surface area contributed by atoms with Crippen molar-refractivity contribution in [1.82, 2.24) is 0 Å². The lowest BCUT2D eigenvalue weighted by Gasteiger charge is -2.24. The van der Waals surface area contributed by atoms with Gasteiger partial charge in [0.15, 0.2) is 29.1 Å². The molecular formula is C18H19ClN2O10. The number of nitro groups is 2. The van der Waals surface area contributed by atoms with E-state index in [-0.39, 0.29) is 30.3 Å². The van der Waals surface area contributed by atoms with Gasteiger partial charge in [-0.1, -0.05) is 0 Å². The Kier molecular flexibility index (Phi) is 8.61. The molecule has 2 atom stereocenters. The molecule has 0 radical (unpaired) electrons. The molecule has 13 heteroatoms. The van der Waals surface area contributed by atoms with E-state index >= 15 is 0 Å². The molecule has 168 valence electrons.